The van der Waals surface area contributed by atoms with Crippen molar-refractivity contribution in [1.82, 2.24) is 0 Å². The first kappa shape index (κ1) is 29.4. The molecule has 1 N–H and O–H groups in total. The molecule has 0 saturated heterocycles. The second-order valence-electron chi connectivity index (χ2n) is 6.01. The van der Waals surface area contributed by atoms with E-state index < -0.39 is 6.10 Å². The number of hydrogen-bond donors (Lipinski definition) is 1. The number of hydrogen-bond acceptors (Lipinski definition) is 2. The van der Waals surface area contributed by atoms with E-state index in [4.69, 9.17) is 17.6 Å². The Hall–Kier alpha value is -1.60. The third-order valence-corrected chi connectivity index (χ3v) is 5.09. The van der Waals surface area contributed by atoms with E-state index in [1.54, 1.807) is 6.08 Å². The highest BCUT2D eigenvalue weighted by molar-refractivity contribution is 9.10. The predicted octanol–water partition coefficient (Wildman–Crippen LogP) is 7.79. The lowest BCUT2D eigenvalue weighted by molar-refractivity contribution is 0.0803. The molecule has 164 valence electrons. The van der Waals surface area contributed by atoms with E-state index in [9.17, 15) is 5.11 Å². The zero-order chi connectivity index (χ0) is 23.5. The van der Waals surface area contributed by atoms with Crippen LogP contribution in [0.5, 0.6) is 0 Å². The fourth-order valence-electron chi connectivity index (χ4n) is 2.26. The number of aliphatic hydroxyl groups is 1. The van der Waals surface area contributed by atoms with Gasteiger partial charge in [0.25, 0.3) is 0 Å². The molecule has 0 aromatic heterocycles. The summed E-state index contributed by atoms with van der Waals surface area (Å²) in [5.74, 6) is 4.82. The fourth-order valence-corrected chi connectivity index (χ4v) is 2.79. The Balaban J connectivity index is 0.000000504. The lowest BCUT2D eigenvalue weighted by Gasteiger charge is -2.15. The van der Waals surface area contributed by atoms with E-state index in [2.05, 4.69) is 72.8 Å². The summed E-state index contributed by atoms with van der Waals surface area (Å²) in [6, 6.07) is 15.7. The molecule has 2 nitrogen and oxygen atoms in total. The zero-order valence-corrected chi connectivity index (χ0v) is 22.1. The molecule has 0 aliphatic carbocycles. The van der Waals surface area contributed by atoms with E-state index in [0.717, 1.165) is 26.5 Å². The molecule has 2 rings (SSSR count). The average Bonchev–Trinajstić information content (AvgIpc) is 2.78. The third kappa shape index (κ3) is 14.2. The molecule has 0 amide bonds. The van der Waals surface area contributed by atoms with Crippen LogP contribution < -0.4 is 0 Å². The molecule has 0 spiro atoms. The maximum absolute atomic E-state index is 9.52. The van der Waals surface area contributed by atoms with Gasteiger partial charge in [0.15, 0.2) is 0 Å². The first-order valence-corrected chi connectivity index (χ1v) is 12.1. The molecular weight excluding hydrogens is 584 g/mol. The standard InChI is InChI=1S/C13H13BrO.C10H11BrO.C3H3Br/c1-3-5-13(15-10-4-2)11-6-8-12(14)9-7-11;1-2-3-10(12)8-4-6-9(11)7-5-8;1-2-3-4/h2-3,6-9,13H,1,5,10H2;2,4-7,10,12H,1,3H2;1H,3H2. The summed E-state index contributed by atoms with van der Waals surface area (Å²) in [4.78, 5) is 0. The maximum atomic E-state index is 9.52. The monoisotopic (exact) mass is 608 g/mol. The maximum Gasteiger partial charge on any atom is 0.108 e. The van der Waals surface area contributed by atoms with Gasteiger partial charge in [0.1, 0.15) is 6.61 Å². The number of halogens is 3. The summed E-state index contributed by atoms with van der Waals surface area (Å²) in [6.07, 6.45) is 14.4. The Morgan fingerprint density at radius 1 is 0.871 bits per heavy atom. The van der Waals surface area contributed by atoms with Gasteiger partial charge in [-0.3, -0.25) is 0 Å². The second-order valence-corrected chi connectivity index (χ2v) is 8.40. The molecule has 0 fully saturated rings. The molecule has 2 atom stereocenters. The number of alkyl halides is 1. The Labute approximate surface area is 212 Å². The fraction of sp³-hybridized carbons (Fsp3) is 0.231. The van der Waals surface area contributed by atoms with Crippen LogP contribution in [0.2, 0.25) is 0 Å². The van der Waals surface area contributed by atoms with Crippen molar-refractivity contribution < 1.29 is 9.84 Å². The largest absolute Gasteiger partial charge is 0.388 e. The van der Waals surface area contributed by atoms with Crippen LogP contribution >= 0.6 is 47.8 Å². The number of ether oxygens (including phenoxy) is 1. The predicted molar refractivity (Wildman–Crippen MR) is 143 cm³/mol. The zero-order valence-electron chi connectivity index (χ0n) is 17.3. The molecule has 0 bridgehead atoms. The van der Waals surface area contributed by atoms with Crippen LogP contribution in [0.15, 0.2) is 82.8 Å². The van der Waals surface area contributed by atoms with Crippen LogP contribution in [-0.2, 0) is 4.74 Å². The van der Waals surface area contributed by atoms with E-state index in [1.165, 1.54) is 0 Å². The third-order valence-electron chi connectivity index (χ3n) is 3.71. The van der Waals surface area contributed by atoms with Gasteiger partial charge < -0.3 is 9.84 Å². The number of terminal acetylenes is 2. The van der Waals surface area contributed by atoms with Crippen LogP contribution in [0.1, 0.15) is 36.2 Å². The summed E-state index contributed by atoms with van der Waals surface area (Å²) >= 11 is 9.74. The number of benzene rings is 2. The molecule has 2 unspecified atom stereocenters. The van der Waals surface area contributed by atoms with Crippen LogP contribution in [0.3, 0.4) is 0 Å². The van der Waals surface area contributed by atoms with Crippen molar-refractivity contribution in [2.24, 2.45) is 0 Å². The van der Waals surface area contributed by atoms with Crippen molar-refractivity contribution in [2.75, 3.05) is 11.9 Å². The van der Waals surface area contributed by atoms with Gasteiger partial charge >= 0.3 is 0 Å². The van der Waals surface area contributed by atoms with Gasteiger partial charge in [-0.25, -0.2) is 0 Å². The SMILES string of the molecule is C#CCBr.C#CCOC(CC=C)c1ccc(Br)cc1.C=CCC(O)c1ccc(Br)cc1. The Morgan fingerprint density at radius 3 is 1.71 bits per heavy atom. The van der Waals surface area contributed by atoms with Gasteiger partial charge in [0.2, 0.25) is 0 Å². The van der Waals surface area contributed by atoms with Crippen molar-refractivity contribution in [3.63, 3.8) is 0 Å². The van der Waals surface area contributed by atoms with Crippen LogP contribution in [0.25, 0.3) is 0 Å². The van der Waals surface area contributed by atoms with Gasteiger partial charge in [-0.15, -0.1) is 26.0 Å². The molecule has 2 aromatic rings. The lowest BCUT2D eigenvalue weighted by Crippen LogP contribution is -2.03. The van der Waals surface area contributed by atoms with Crippen molar-refractivity contribution in [1.29, 1.82) is 0 Å². The minimum Gasteiger partial charge on any atom is -0.388 e. The minimum absolute atomic E-state index is 0.00616. The molecule has 0 aliphatic rings. The topological polar surface area (TPSA) is 29.5 Å². The number of rotatable bonds is 8. The molecule has 31 heavy (non-hydrogen) atoms. The Bertz CT molecular complexity index is 831. The van der Waals surface area contributed by atoms with Crippen LogP contribution in [0.4, 0.5) is 0 Å². The molecule has 5 heteroatoms. The second kappa shape index (κ2) is 19.1. The quantitative estimate of drug-likeness (QED) is 0.188. The molecule has 0 saturated carbocycles. The Kier molecular flexibility index (Phi) is 18.1. The molecule has 0 radical (unpaired) electrons. The van der Waals surface area contributed by atoms with Gasteiger partial charge in [-0.05, 0) is 48.2 Å². The summed E-state index contributed by atoms with van der Waals surface area (Å²) in [5.41, 5.74) is 2.05. The summed E-state index contributed by atoms with van der Waals surface area (Å²) in [7, 11) is 0. The first-order valence-electron chi connectivity index (χ1n) is 9.38. The van der Waals surface area contributed by atoms with Crippen molar-refractivity contribution in [2.45, 2.75) is 25.0 Å². The van der Waals surface area contributed by atoms with Crippen molar-refractivity contribution in [3.05, 3.63) is 93.9 Å². The van der Waals surface area contributed by atoms with Gasteiger partial charge in [0.05, 0.1) is 17.5 Å². The van der Waals surface area contributed by atoms with Gasteiger partial charge in [0, 0.05) is 8.95 Å². The van der Waals surface area contributed by atoms with E-state index in [0.29, 0.717) is 18.4 Å². The van der Waals surface area contributed by atoms with E-state index >= 15 is 0 Å². The van der Waals surface area contributed by atoms with Crippen molar-refractivity contribution in [3.8, 4) is 24.7 Å². The normalized spacial score (nSPS) is 11.2. The van der Waals surface area contributed by atoms with Gasteiger partial charge in [-0.2, -0.15) is 0 Å². The number of aliphatic hydroxyl groups excluding tert-OH is 1. The van der Waals surface area contributed by atoms with Gasteiger partial charge in [-0.1, -0.05) is 96.0 Å². The molecule has 0 aliphatic heterocycles. The highest BCUT2D eigenvalue weighted by Gasteiger charge is 2.09. The lowest BCUT2D eigenvalue weighted by atomic mass is 10.1. The molecular formula is C26H27Br3O2. The first-order chi connectivity index (χ1) is 14.9. The molecule has 2 aromatic carbocycles. The Morgan fingerprint density at radius 2 is 1.32 bits per heavy atom. The summed E-state index contributed by atoms with van der Waals surface area (Å²) in [5, 5.41) is 10.2. The average molecular weight is 611 g/mol. The smallest absolute Gasteiger partial charge is 0.108 e. The summed E-state index contributed by atoms with van der Waals surface area (Å²) < 4.78 is 7.62. The summed E-state index contributed by atoms with van der Waals surface area (Å²) in [6.45, 7) is 7.61. The highest BCUT2D eigenvalue weighted by atomic mass is 79.9. The highest BCUT2D eigenvalue weighted by Crippen LogP contribution is 2.23. The van der Waals surface area contributed by atoms with Crippen molar-refractivity contribution >= 4 is 47.8 Å². The van der Waals surface area contributed by atoms with E-state index in [1.807, 2.05) is 54.6 Å². The van der Waals surface area contributed by atoms with Crippen LogP contribution in [0, 0.1) is 24.7 Å². The van der Waals surface area contributed by atoms with E-state index in [-0.39, 0.29) is 6.10 Å². The molecule has 0 heterocycles. The minimum atomic E-state index is -0.421. The van der Waals surface area contributed by atoms with Crippen LogP contribution in [-0.4, -0.2) is 17.0 Å².